The number of nitrogens with zero attached hydrogens (tertiary/aromatic N) is 3. The largest absolute Gasteiger partial charge is 0.469 e. The highest BCUT2D eigenvalue weighted by atomic mass is 127. The molecule has 0 fully saturated rings. The third-order valence-electron chi connectivity index (χ3n) is 3.82. The summed E-state index contributed by atoms with van der Waals surface area (Å²) in [5.41, 5.74) is 1.12. The number of furan rings is 1. The van der Waals surface area contributed by atoms with Gasteiger partial charge in [-0.1, -0.05) is 6.07 Å². The van der Waals surface area contributed by atoms with Gasteiger partial charge in [-0.3, -0.25) is 4.99 Å². The zero-order chi connectivity index (χ0) is 17.2. The zero-order valence-corrected chi connectivity index (χ0v) is 17.5. The van der Waals surface area contributed by atoms with Crippen molar-refractivity contribution in [2.24, 2.45) is 4.99 Å². The number of aromatic nitrogens is 1. The maximum atomic E-state index is 5.31. The van der Waals surface area contributed by atoms with Gasteiger partial charge < -0.3 is 20.0 Å². The van der Waals surface area contributed by atoms with Gasteiger partial charge >= 0.3 is 0 Å². The summed E-state index contributed by atoms with van der Waals surface area (Å²) in [7, 11) is 1.77. The highest BCUT2D eigenvalue weighted by molar-refractivity contribution is 14.0. The Morgan fingerprint density at radius 1 is 1.20 bits per heavy atom. The van der Waals surface area contributed by atoms with Gasteiger partial charge in [-0.2, -0.15) is 0 Å². The molecule has 0 atom stereocenters. The van der Waals surface area contributed by atoms with Gasteiger partial charge in [0.1, 0.15) is 11.6 Å². The summed E-state index contributed by atoms with van der Waals surface area (Å²) >= 11 is 0. The first-order valence-corrected chi connectivity index (χ1v) is 8.43. The van der Waals surface area contributed by atoms with E-state index in [0.29, 0.717) is 6.54 Å². The molecule has 2 aromatic rings. The van der Waals surface area contributed by atoms with E-state index in [1.54, 1.807) is 13.3 Å². The number of halogens is 1. The molecule has 0 aromatic carbocycles. The summed E-state index contributed by atoms with van der Waals surface area (Å²) < 4.78 is 5.31. The Morgan fingerprint density at radius 3 is 2.56 bits per heavy atom. The maximum absolute atomic E-state index is 5.31. The molecule has 2 heterocycles. The van der Waals surface area contributed by atoms with Crippen LogP contribution in [0.1, 0.15) is 25.2 Å². The number of anilines is 1. The first-order chi connectivity index (χ1) is 11.8. The molecule has 0 aliphatic rings. The van der Waals surface area contributed by atoms with Crippen molar-refractivity contribution in [3.05, 3.63) is 48.0 Å². The fourth-order valence-electron chi connectivity index (χ4n) is 2.42. The minimum atomic E-state index is 0. The van der Waals surface area contributed by atoms with E-state index in [1.165, 1.54) is 0 Å². The van der Waals surface area contributed by atoms with Crippen LogP contribution in [-0.4, -0.2) is 37.6 Å². The van der Waals surface area contributed by atoms with Gasteiger partial charge in [0.15, 0.2) is 5.96 Å². The summed E-state index contributed by atoms with van der Waals surface area (Å²) in [6, 6.07) is 8.04. The normalized spacial score (nSPS) is 10.9. The SMILES string of the molecule is CCN(CC)c1ccc(CNC(=NC)NCCc2ccco2)cn1.I. The number of hydrogen-bond donors (Lipinski definition) is 2. The Balaban J connectivity index is 0.00000312. The Bertz CT molecular complexity index is 609. The maximum Gasteiger partial charge on any atom is 0.191 e. The molecule has 0 spiro atoms. The number of rotatable bonds is 8. The van der Waals surface area contributed by atoms with Gasteiger partial charge in [-0.15, -0.1) is 24.0 Å². The van der Waals surface area contributed by atoms with Gasteiger partial charge in [-0.05, 0) is 37.6 Å². The summed E-state index contributed by atoms with van der Waals surface area (Å²) in [5, 5.41) is 6.57. The van der Waals surface area contributed by atoms with Crippen LogP contribution in [0.4, 0.5) is 5.82 Å². The summed E-state index contributed by atoms with van der Waals surface area (Å²) in [5.74, 6) is 2.76. The number of nitrogens with one attached hydrogen (secondary N) is 2. The summed E-state index contributed by atoms with van der Waals surface area (Å²) in [6.07, 6.45) is 4.43. The van der Waals surface area contributed by atoms with Crippen molar-refractivity contribution < 1.29 is 4.42 Å². The van der Waals surface area contributed by atoms with Crippen molar-refractivity contribution in [3.63, 3.8) is 0 Å². The fourth-order valence-corrected chi connectivity index (χ4v) is 2.42. The lowest BCUT2D eigenvalue weighted by molar-refractivity contribution is 0.507. The Morgan fingerprint density at radius 2 is 2.00 bits per heavy atom. The predicted molar refractivity (Wildman–Crippen MR) is 114 cm³/mol. The molecule has 6 nitrogen and oxygen atoms in total. The van der Waals surface area contributed by atoms with Crippen LogP contribution >= 0.6 is 24.0 Å². The molecular formula is C18H28IN5O. The first kappa shape index (κ1) is 21.3. The van der Waals surface area contributed by atoms with E-state index >= 15 is 0 Å². The zero-order valence-electron chi connectivity index (χ0n) is 15.2. The van der Waals surface area contributed by atoms with E-state index in [-0.39, 0.29) is 24.0 Å². The smallest absolute Gasteiger partial charge is 0.191 e. The van der Waals surface area contributed by atoms with Crippen LogP contribution in [-0.2, 0) is 13.0 Å². The first-order valence-electron chi connectivity index (χ1n) is 8.43. The molecule has 0 aliphatic heterocycles. The van der Waals surface area contributed by atoms with Gasteiger partial charge in [-0.25, -0.2) is 4.98 Å². The van der Waals surface area contributed by atoms with E-state index in [1.807, 2.05) is 18.3 Å². The molecule has 0 saturated carbocycles. The predicted octanol–water partition coefficient (Wildman–Crippen LogP) is 3.05. The molecule has 0 bridgehead atoms. The van der Waals surface area contributed by atoms with Crippen molar-refractivity contribution >= 4 is 35.8 Å². The third kappa shape index (κ3) is 6.93. The highest BCUT2D eigenvalue weighted by Crippen LogP contribution is 2.10. The molecule has 0 saturated heterocycles. The Labute approximate surface area is 167 Å². The third-order valence-corrected chi connectivity index (χ3v) is 3.82. The number of guanidine groups is 1. The molecule has 0 aliphatic carbocycles. The summed E-state index contributed by atoms with van der Waals surface area (Å²) in [6.45, 7) is 7.66. The average Bonchev–Trinajstić information content (AvgIpc) is 3.13. The highest BCUT2D eigenvalue weighted by Gasteiger charge is 2.04. The van der Waals surface area contributed by atoms with Crippen molar-refractivity contribution in [2.45, 2.75) is 26.8 Å². The van der Waals surface area contributed by atoms with Crippen molar-refractivity contribution in [3.8, 4) is 0 Å². The van der Waals surface area contributed by atoms with Gasteiger partial charge in [0.05, 0.1) is 6.26 Å². The quantitative estimate of drug-likeness (QED) is 0.363. The van der Waals surface area contributed by atoms with Crippen LogP contribution in [0.15, 0.2) is 46.1 Å². The molecule has 0 radical (unpaired) electrons. The van der Waals surface area contributed by atoms with E-state index < -0.39 is 0 Å². The second-order valence-corrected chi connectivity index (χ2v) is 5.38. The lowest BCUT2D eigenvalue weighted by Gasteiger charge is -2.19. The molecule has 2 rings (SSSR count). The van der Waals surface area contributed by atoms with E-state index in [0.717, 1.165) is 49.2 Å². The molecule has 0 amide bonds. The fraction of sp³-hybridized carbons (Fsp3) is 0.444. The van der Waals surface area contributed by atoms with Crippen molar-refractivity contribution in [2.75, 3.05) is 31.6 Å². The minimum absolute atomic E-state index is 0. The monoisotopic (exact) mass is 457 g/mol. The van der Waals surface area contributed by atoms with Crippen LogP contribution in [0.5, 0.6) is 0 Å². The van der Waals surface area contributed by atoms with E-state index in [2.05, 4.69) is 51.5 Å². The van der Waals surface area contributed by atoms with Crippen LogP contribution < -0.4 is 15.5 Å². The Kier molecular flexibility index (Phi) is 9.98. The van der Waals surface area contributed by atoms with Crippen LogP contribution in [0.2, 0.25) is 0 Å². The lowest BCUT2D eigenvalue weighted by Crippen LogP contribution is -2.37. The number of hydrogen-bond acceptors (Lipinski definition) is 4. The molecule has 7 heteroatoms. The van der Waals surface area contributed by atoms with Crippen molar-refractivity contribution in [1.29, 1.82) is 0 Å². The van der Waals surface area contributed by atoms with Crippen LogP contribution in [0.3, 0.4) is 0 Å². The van der Waals surface area contributed by atoms with Crippen LogP contribution in [0, 0.1) is 0 Å². The topological polar surface area (TPSA) is 65.7 Å². The number of pyridine rings is 1. The van der Waals surface area contributed by atoms with Crippen molar-refractivity contribution in [1.82, 2.24) is 15.6 Å². The molecule has 2 N–H and O–H groups in total. The van der Waals surface area contributed by atoms with Gasteiger partial charge in [0, 0.05) is 45.8 Å². The van der Waals surface area contributed by atoms with E-state index in [4.69, 9.17) is 4.42 Å². The number of aliphatic imine (C=N–C) groups is 1. The average molecular weight is 457 g/mol. The van der Waals surface area contributed by atoms with Gasteiger partial charge in [0.25, 0.3) is 0 Å². The van der Waals surface area contributed by atoms with E-state index in [9.17, 15) is 0 Å². The minimum Gasteiger partial charge on any atom is -0.469 e. The van der Waals surface area contributed by atoms with Crippen LogP contribution in [0.25, 0.3) is 0 Å². The second-order valence-electron chi connectivity index (χ2n) is 5.38. The molecule has 25 heavy (non-hydrogen) atoms. The molecule has 2 aromatic heterocycles. The molecular weight excluding hydrogens is 429 g/mol. The Hall–Kier alpha value is -1.77. The molecule has 0 unspecified atom stereocenters. The molecule has 138 valence electrons. The lowest BCUT2D eigenvalue weighted by atomic mass is 10.2. The standard InChI is InChI=1S/C18H27N5O.HI/c1-4-23(5-2)17-9-8-15(13-21-17)14-22-18(19-3)20-11-10-16-7-6-12-24-16;/h6-9,12-13H,4-5,10-11,14H2,1-3H3,(H2,19,20,22);1H. The second kappa shape index (κ2) is 11.7. The van der Waals surface area contributed by atoms with Gasteiger partial charge in [0.2, 0.25) is 0 Å². The summed E-state index contributed by atoms with van der Waals surface area (Å²) in [4.78, 5) is 11.0.